The minimum atomic E-state index is -0.496. The second kappa shape index (κ2) is 35.5. The van der Waals surface area contributed by atoms with E-state index in [-0.39, 0.29) is 66.0 Å². The van der Waals surface area contributed by atoms with Crippen LogP contribution in [0, 0.1) is 39.3 Å². The molecule has 498 valence electrons. The summed E-state index contributed by atoms with van der Waals surface area (Å²) >= 11 is 5.90. The molecule has 0 aromatic carbocycles. The first-order valence-corrected chi connectivity index (χ1v) is 31.3. The summed E-state index contributed by atoms with van der Waals surface area (Å²) < 4.78 is 49.2. The number of carbonyl (C=O) groups excluding carboxylic acids is 4. The number of pyridine rings is 11. The fourth-order valence-corrected chi connectivity index (χ4v) is 9.28. The number of rotatable bonds is 22. The van der Waals surface area contributed by atoms with Crippen LogP contribution in [0.25, 0.3) is 0 Å². The van der Waals surface area contributed by atoms with E-state index in [0.29, 0.717) is 104 Å². The molecule has 0 N–H and O–H groups in total. The Morgan fingerprint density at radius 1 is 0.354 bits per heavy atom. The van der Waals surface area contributed by atoms with Crippen LogP contribution in [-0.2, 0) is 38.5 Å². The quantitative estimate of drug-likeness (QED) is 0.0570. The van der Waals surface area contributed by atoms with Crippen molar-refractivity contribution in [3.63, 3.8) is 0 Å². The van der Waals surface area contributed by atoms with Crippen LogP contribution in [0.15, 0.2) is 208 Å². The Morgan fingerprint density at radius 3 is 1.19 bits per heavy atom. The highest BCUT2D eigenvalue weighted by molar-refractivity contribution is 6.30. The Balaban J connectivity index is 0.000000154. The smallest absolute Gasteiger partial charge is 0.187 e. The second-order valence-electron chi connectivity index (χ2n) is 21.9. The molecule has 12 rings (SSSR count). The largest absolute Gasteiger partial charge is 0.456 e. The van der Waals surface area contributed by atoms with Gasteiger partial charge in [-0.3, -0.25) is 54.1 Å². The lowest BCUT2D eigenvalue weighted by atomic mass is 10.1. The van der Waals surface area contributed by atoms with Crippen molar-refractivity contribution < 1.29 is 46.9 Å². The van der Waals surface area contributed by atoms with E-state index in [1.54, 1.807) is 106 Å². The molecule has 0 fully saturated rings. The molecule has 0 aliphatic rings. The molecule has 12 aromatic heterocycles. The van der Waals surface area contributed by atoms with Gasteiger partial charge in [-0.25, -0.2) is 38.7 Å². The van der Waals surface area contributed by atoms with Gasteiger partial charge in [-0.1, -0.05) is 49.7 Å². The van der Waals surface area contributed by atoms with Gasteiger partial charge in [0, 0.05) is 143 Å². The van der Waals surface area contributed by atoms with Gasteiger partial charge in [0.25, 0.3) is 0 Å². The fraction of sp³-hybridized carbons (Fsp3) is 0.160. The van der Waals surface area contributed by atoms with Gasteiger partial charge in [0.15, 0.2) is 28.9 Å². The topological polar surface area (TPSA) is 273 Å². The molecule has 0 saturated heterocycles. The molecule has 12 heterocycles. The Hall–Kier alpha value is -12.2. The first-order chi connectivity index (χ1) is 47.9. The summed E-state index contributed by atoms with van der Waals surface area (Å²) in [7, 11) is 0. The highest BCUT2D eigenvalue weighted by Crippen LogP contribution is 2.28. The van der Waals surface area contributed by atoms with E-state index in [1.165, 1.54) is 43.1 Å². The number of Topliss-reactive ketones (excluding diaryl/α,β-unsaturated/α-hetero) is 4. The van der Waals surface area contributed by atoms with Crippen LogP contribution in [0.5, 0.6) is 46.0 Å². The average molecular weight is 1350 g/mol. The summed E-state index contributed by atoms with van der Waals surface area (Å²) in [5.74, 6) is 1.87. The predicted molar refractivity (Wildman–Crippen MR) is 364 cm³/mol. The molecule has 0 amide bonds. The van der Waals surface area contributed by atoms with Crippen molar-refractivity contribution in [2.45, 2.75) is 80.1 Å². The van der Waals surface area contributed by atoms with Crippen LogP contribution in [0.3, 0.4) is 0 Å². The number of halogens is 3. The van der Waals surface area contributed by atoms with Crippen molar-refractivity contribution in [2.24, 2.45) is 0 Å². The maximum atomic E-state index is 13.3. The minimum Gasteiger partial charge on any atom is -0.456 e. The molecule has 21 nitrogen and oxygen atoms in total. The van der Waals surface area contributed by atoms with Crippen molar-refractivity contribution in [2.75, 3.05) is 0 Å². The third-order valence-electron chi connectivity index (χ3n) is 13.7. The molecule has 99 heavy (non-hydrogen) atoms. The predicted octanol–water partition coefficient (Wildman–Crippen LogP) is 15.0. The van der Waals surface area contributed by atoms with Crippen LogP contribution in [0.2, 0.25) is 5.02 Å². The summed E-state index contributed by atoms with van der Waals surface area (Å²) in [6.07, 6.45) is 19.7. The van der Waals surface area contributed by atoms with Crippen LogP contribution in [0.4, 0.5) is 8.78 Å². The highest BCUT2D eigenvalue weighted by Gasteiger charge is 2.18. The SMILES string of the molecule is CCc1cc(Oc2cncc(F)c2)cc(C(=O)Cc2cccc(C)n2)n1.CCc1cc(Oc2cncnc2)cc(C(=O)Cc2ccc(C)cn2)n1.Cc1cc(Oc2cncc(Cl)c2)cc(C(=O)Cc2ccccn2)n1.Cc1cc(Oc2cncc(F)c2)cc(C(=O)Cc2ccccn2)n1. The van der Waals surface area contributed by atoms with E-state index in [0.717, 1.165) is 35.0 Å². The van der Waals surface area contributed by atoms with Gasteiger partial charge in [-0.05, 0) is 88.6 Å². The first kappa shape index (κ1) is 71.1. The number of nitrogens with zero attached hydrogens (tertiary/aromatic N) is 13. The fourth-order valence-electron chi connectivity index (χ4n) is 9.12. The molecule has 0 spiro atoms. The van der Waals surface area contributed by atoms with Crippen molar-refractivity contribution in [3.8, 4) is 46.0 Å². The molecule has 0 radical (unpaired) electrons. The van der Waals surface area contributed by atoms with Crippen molar-refractivity contribution >= 4 is 34.7 Å². The van der Waals surface area contributed by atoms with Crippen molar-refractivity contribution in [3.05, 3.63) is 304 Å². The van der Waals surface area contributed by atoms with Gasteiger partial charge in [-0.15, -0.1) is 0 Å². The molecular formula is C75H64ClF2N13O8. The summed E-state index contributed by atoms with van der Waals surface area (Å²) in [6, 6.07) is 37.6. The molecule has 0 atom stereocenters. The van der Waals surface area contributed by atoms with Gasteiger partial charge in [0.05, 0.1) is 74.1 Å². The molecule has 0 saturated carbocycles. The van der Waals surface area contributed by atoms with Crippen LogP contribution in [-0.4, -0.2) is 87.9 Å². The number of ether oxygens (including phenoxy) is 4. The standard InChI is InChI=1S/C20H18FN3O2.C19H18N4O2.C18H14ClN3O2.C18H14FN3O2/c1-3-15-8-17(26-18-7-14(21)11-22-12-18)10-19(24-15)20(25)9-16-6-4-5-13(2)23-16;1-3-14-6-16(25-17-10-20-12-21-11-17)8-18(23-14)19(24)7-15-5-4-13(2)9-22-15;2*1-12-6-15(24-16-7-13(19)10-20-11-16)9-17(22-12)18(23)8-14-4-2-3-5-21-14/h4-8,10-12H,3,9H2,1-2H3;4-6,8-12H,3,7H2,1-2H3;2*2-7,9-11H,8H2,1H3. The zero-order valence-corrected chi connectivity index (χ0v) is 55.3. The van der Waals surface area contributed by atoms with Crippen LogP contribution in [0.1, 0.15) is 113 Å². The maximum absolute atomic E-state index is 13.3. The van der Waals surface area contributed by atoms with Gasteiger partial charge in [0.1, 0.15) is 81.0 Å². The van der Waals surface area contributed by atoms with E-state index in [1.807, 2.05) is 88.4 Å². The zero-order chi connectivity index (χ0) is 70.0. The lowest BCUT2D eigenvalue weighted by Gasteiger charge is -2.09. The van der Waals surface area contributed by atoms with Crippen LogP contribution < -0.4 is 18.9 Å². The van der Waals surface area contributed by atoms with Crippen molar-refractivity contribution in [1.29, 1.82) is 0 Å². The van der Waals surface area contributed by atoms with Crippen molar-refractivity contribution in [1.82, 2.24) is 64.8 Å². The number of hydrogen-bond donors (Lipinski definition) is 0. The molecule has 0 unspecified atom stereocenters. The third kappa shape index (κ3) is 23.0. The summed E-state index contributed by atoms with van der Waals surface area (Å²) in [6.45, 7) is 11.3. The number of ketones is 4. The first-order valence-electron chi connectivity index (χ1n) is 30.9. The summed E-state index contributed by atoms with van der Waals surface area (Å²) in [4.78, 5) is 104. The lowest BCUT2D eigenvalue weighted by molar-refractivity contribution is 0.0978. The molecule has 0 aliphatic carbocycles. The van der Waals surface area contributed by atoms with E-state index in [4.69, 9.17) is 30.5 Å². The van der Waals surface area contributed by atoms with Gasteiger partial charge >= 0.3 is 0 Å². The summed E-state index contributed by atoms with van der Waals surface area (Å²) in [5.41, 5.74) is 8.79. The Labute approximate surface area is 574 Å². The van der Waals surface area contributed by atoms with Gasteiger partial charge in [0.2, 0.25) is 0 Å². The Kier molecular flexibility index (Phi) is 25.5. The Morgan fingerprint density at radius 2 is 0.768 bits per heavy atom. The third-order valence-corrected chi connectivity index (χ3v) is 13.9. The van der Waals surface area contributed by atoms with E-state index in [2.05, 4.69) is 64.8 Å². The van der Waals surface area contributed by atoms with Gasteiger partial charge < -0.3 is 18.9 Å². The second-order valence-corrected chi connectivity index (χ2v) is 22.3. The Bertz CT molecular complexity index is 4600. The molecular weight excluding hydrogens is 1280 g/mol. The molecule has 12 aromatic rings. The average Bonchev–Trinajstić information content (AvgIpc) is 0.870. The number of carbonyl (C=O) groups is 4. The van der Waals surface area contributed by atoms with Gasteiger partial charge in [-0.2, -0.15) is 0 Å². The summed E-state index contributed by atoms with van der Waals surface area (Å²) in [5, 5.41) is 0.477. The highest BCUT2D eigenvalue weighted by atomic mass is 35.5. The van der Waals surface area contributed by atoms with E-state index in [9.17, 15) is 28.0 Å². The minimum absolute atomic E-state index is 0.0965. The molecule has 0 bridgehead atoms. The molecule has 24 heteroatoms. The van der Waals surface area contributed by atoms with Crippen LogP contribution >= 0.6 is 11.6 Å². The monoisotopic (exact) mass is 1350 g/mol. The zero-order valence-electron chi connectivity index (χ0n) is 54.6. The van der Waals surface area contributed by atoms with E-state index >= 15 is 0 Å². The lowest BCUT2D eigenvalue weighted by Crippen LogP contribution is -2.09. The maximum Gasteiger partial charge on any atom is 0.187 e. The number of aryl methyl sites for hydroxylation is 6. The van der Waals surface area contributed by atoms with E-state index < -0.39 is 11.6 Å². The normalized spacial score (nSPS) is 10.5. The number of hydrogen-bond acceptors (Lipinski definition) is 21. The molecule has 0 aliphatic heterocycles. The number of aromatic nitrogens is 13.